The lowest BCUT2D eigenvalue weighted by atomic mass is 9.94. The predicted octanol–water partition coefficient (Wildman–Crippen LogP) is 9.45. The molecule has 0 aromatic heterocycles. The van der Waals surface area contributed by atoms with Crippen LogP contribution >= 0.6 is 0 Å². The van der Waals surface area contributed by atoms with Gasteiger partial charge in [-0.25, -0.2) is 8.78 Å². The van der Waals surface area contributed by atoms with Crippen LogP contribution in [0.1, 0.15) is 96.8 Å². The van der Waals surface area contributed by atoms with E-state index in [4.69, 9.17) is 0 Å². The summed E-state index contributed by atoms with van der Waals surface area (Å²) in [5.41, 5.74) is 0. The van der Waals surface area contributed by atoms with Gasteiger partial charge in [0.25, 0.3) is 0 Å². The van der Waals surface area contributed by atoms with Gasteiger partial charge in [0.2, 0.25) is 0 Å². The van der Waals surface area contributed by atoms with Crippen molar-refractivity contribution in [2.24, 2.45) is 0 Å². The number of alkyl halides is 12. The normalized spacial score (nSPS) is 13.9. The molecule has 0 saturated carbocycles. The number of esters is 1. The molecule has 0 aliphatic carbocycles. The molecule has 2 nitrogen and oxygen atoms in total. The van der Waals surface area contributed by atoms with E-state index in [1.165, 1.54) is 32.1 Å². The SMILES string of the molecule is CCCCCCCCCCCCCCCC(=O)OCC(F)(F)C(F)(F)C(F)(F)C(F)(F)C(F)(F)C(F)F. The highest BCUT2D eigenvalue weighted by Gasteiger charge is 2.87. The third-order valence-corrected chi connectivity index (χ3v) is 5.84. The van der Waals surface area contributed by atoms with Crippen LogP contribution in [-0.4, -0.2) is 48.6 Å². The van der Waals surface area contributed by atoms with Gasteiger partial charge in [0, 0.05) is 6.42 Å². The van der Waals surface area contributed by atoms with Crippen LogP contribution in [-0.2, 0) is 9.53 Å². The first kappa shape index (κ1) is 35.6. The van der Waals surface area contributed by atoms with Crippen molar-refractivity contribution in [1.29, 1.82) is 0 Å². The molecule has 0 rings (SSSR count). The maximum absolute atomic E-state index is 13.6. The van der Waals surface area contributed by atoms with E-state index in [1.54, 1.807) is 0 Å². The molecular formula is C23H34F12O2. The monoisotopic (exact) mass is 570 g/mol. The van der Waals surface area contributed by atoms with Gasteiger partial charge in [-0.1, -0.05) is 84.0 Å². The highest BCUT2D eigenvalue weighted by molar-refractivity contribution is 5.69. The average Bonchev–Trinajstić information content (AvgIpc) is 2.80. The van der Waals surface area contributed by atoms with E-state index >= 15 is 0 Å². The smallest absolute Gasteiger partial charge is 0.384 e. The summed E-state index contributed by atoms with van der Waals surface area (Å²) in [4.78, 5) is 11.5. The van der Waals surface area contributed by atoms with E-state index in [0.29, 0.717) is 12.8 Å². The van der Waals surface area contributed by atoms with E-state index in [2.05, 4.69) is 11.7 Å². The second-order valence-corrected chi connectivity index (χ2v) is 9.00. The molecular weight excluding hydrogens is 536 g/mol. The van der Waals surface area contributed by atoms with Gasteiger partial charge >= 0.3 is 42.0 Å². The number of carbonyl (C=O) groups is 1. The van der Waals surface area contributed by atoms with Crippen molar-refractivity contribution in [2.75, 3.05) is 6.61 Å². The maximum atomic E-state index is 13.6. The molecule has 0 aliphatic heterocycles. The number of ether oxygens (including phenoxy) is 1. The fourth-order valence-corrected chi connectivity index (χ4v) is 3.39. The molecule has 0 bridgehead atoms. The Hall–Kier alpha value is -1.37. The molecule has 14 heteroatoms. The molecule has 0 aliphatic rings. The van der Waals surface area contributed by atoms with E-state index < -0.39 is 55.0 Å². The number of carbonyl (C=O) groups excluding carboxylic acids is 1. The van der Waals surface area contributed by atoms with Crippen molar-refractivity contribution in [2.45, 2.75) is 133 Å². The second kappa shape index (κ2) is 15.3. The van der Waals surface area contributed by atoms with Gasteiger partial charge in [-0.3, -0.25) is 4.79 Å². The molecule has 222 valence electrons. The lowest BCUT2D eigenvalue weighted by Crippen LogP contribution is -2.69. The zero-order valence-corrected chi connectivity index (χ0v) is 20.5. The van der Waals surface area contributed by atoms with Gasteiger partial charge in [0.05, 0.1) is 0 Å². The second-order valence-electron chi connectivity index (χ2n) is 9.00. The van der Waals surface area contributed by atoms with Crippen LogP contribution in [0.25, 0.3) is 0 Å². The summed E-state index contributed by atoms with van der Waals surface area (Å²) in [6.45, 7) is -0.708. The van der Waals surface area contributed by atoms with Gasteiger partial charge in [0.1, 0.15) is 0 Å². The molecule has 0 fully saturated rings. The largest absolute Gasteiger partial charge is 0.459 e. The van der Waals surface area contributed by atoms with Gasteiger partial charge < -0.3 is 4.74 Å². The van der Waals surface area contributed by atoms with E-state index in [1.807, 2.05) is 0 Å². The van der Waals surface area contributed by atoms with Crippen LogP contribution in [0.4, 0.5) is 52.7 Å². The summed E-state index contributed by atoms with van der Waals surface area (Å²) < 4.78 is 161. The summed E-state index contributed by atoms with van der Waals surface area (Å²) in [7, 11) is 0. The quantitative estimate of drug-likeness (QED) is 0.0781. The summed E-state index contributed by atoms with van der Waals surface area (Å²) in [6, 6.07) is 0. The summed E-state index contributed by atoms with van der Waals surface area (Å²) in [6.07, 6.45) is 6.05. The highest BCUT2D eigenvalue weighted by Crippen LogP contribution is 2.58. The Bertz CT molecular complexity index is 654. The molecule has 0 aromatic rings. The molecule has 0 heterocycles. The Labute approximate surface area is 208 Å². The van der Waals surface area contributed by atoms with Crippen molar-refractivity contribution in [1.82, 2.24) is 0 Å². The standard InChI is InChI=1S/C23H34F12O2/c1-2-3-4-5-6-7-8-9-10-11-12-13-14-15-17(36)37-16-19(26,27)21(30,31)23(34,35)22(32,33)20(28,29)18(24)25/h18H,2-16H2,1H3. The number of unbranched alkanes of at least 4 members (excludes halogenated alkanes) is 12. The fourth-order valence-electron chi connectivity index (χ4n) is 3.39. The minimum atomic E-state index is -7.62. The van der Waals surface area contributed by atoms with Crippen molar-refractivity contribution in [3.8, 4) is 0 Å². The van der Waals surface area contributed by atoms with Crippen molar-refractivity contribution in [3.05, 3.63) is 0 Å². The van der Waals surface area contributed by atoms with Crippen LogP contribution in [0.15, 0.2) is 0 Å². The molecule has 0 saturated heterocycles. The highest BCUT2D eigenvalue weighted by atomic mass is 19.4. The lowest BCUT2D eigenvalue weighted by Gasteiger charge is -2.38. The topological polar surface area (TPSA) is 26.3 Å². The van der Waals surface area contributed by atoms with Crippen LogP contribution in [0.3, 0.4) is 0 Å². The average molecular weight is 570 g/mol. The van der Waals surface area contributed by atoms with E-state index in [0.717, 1.165) is 32.1 Å². The van der Waals surface area contributed by atoms with E-state index in [9.17, 15) is 57.5 Å². The third kappa shape index (κ3) is 9.71. The first-order valence-corrected chi connectivity index (χ1v) is 12.2. The zero-order valence-electron chi connectivity index (χ0n) is 20.5. The zero-order chi connectivity index (χ0) is 29.0. The first-order valence-electron chi connectivity index (χ1n) is 12.2. The summed E-state index contributed by atoms with van der Waals surface area (Å²) in [5, 5.41) is 0. The summed E-state index contributed by atoms with van der Waals surface area (Å²) >= 11 is 0. The Balaban J connectivity index is 4.45. The van der Waals surface area contributed by atoms with Crippen LogP contribution in [0.2, 0.25) is 0 Å². The number of hydrogen-bond acceptors (Lipinski definition) is 2. The van der Waals surface area contributed by atoms with Gasteiger partial charge in [-0.15, -0.1) is 0 Å². The molecule has 0 aromatic carbocycles. The Morgan fingerprint density at radius 3 is 1.35 bits per heavy atom. The first-order chi connectivity index (χ1) is 16.9. The Kier molecular flexibility index (Phi) is 14.7. The molecule has 0 spiro atoms. The third-order valence-electron chi connectivity index (χ3n) is 5.84. The fraction of sp³-hybridized carbons (Fsp3) is 0.957. The van der Waals surface area contributed by atoms with Gasteiger partial charge in [0.15, 0.2) is 6.61 Å². The Morgan fingerprint density at radius 1 is 0.595 bits per heavy atom. The molecule has 0 atom stereocenters. The summed E-state index contributed by atoms with van der Waals surface area (Å²) in [5.74, 6) is -37.3. The van der Waals surface area contributed by atoms with Crippen molar-refractivity contribution in [3.63, 3.8) is 0 Å². The predicted molar refractivity (Wildman–Crippen MR) is 112 cm³/mol. The molecule has 0 radical (unpaired) electrons. The minimum absolute atomic E-state index is 0.0765. The minimum Gasteiger partial charge on any atom is -0.459 e. The van der Waals surface area contributed by atoms with E-state index in [-0.39, 0.29) is 6.42 Å². The van der Waals surface area contributed by atoms with Crippen LogP contribution < -0.4 is 0 Å². The molecule has 37 heavy (non-hydrogen) atoms. The molecule has 0 N–H and O–H groups in total. The van der Waals surface area contributed by atoms with Crippen LogP contribution in [0.5, 0.6) is 0 Å². The lowest BCUT2D eigenvalue weighted by molar-refractivity contribution is -0.414. The number of hydrogen-bond donors (Lipinski definition) is 0. The van der Waals surface area contributed by atoms with Crippen molar-refractivity contribution < 1.29 is 62.2 Å². The number of halogens is 12. The van der Waals surface area contributed by atoms with Crippen LogP contribution in [0, 0.1) is 0 Å². The maximum Gasteiger partial charge on any atom is 0.384 e. The van der Waals surface area contributed by atoms with Gasteiger partial charge in [-0.2, -0.15) is 43.9 Å². The molecule has 0 amide bonds. The van der Waals surface area contributed by atoms with Gasteiger partial charge in [-0.05, 0) is 6.42 Å². The Morgan fingerprint density at radius 2 is 0.973 bits per heavy atom. The van der Waals surface area contributed by atoms with Crippen molar-refractivity contribution >= 4 is 5.97 Å². The number of rotatable bonds is 21. The molecule has 0 unspecified atom stereocenters.